The summed E-state index contributed by atoms with van der Waals surface area (Å²) < 4.78 is 4.11. The molecule has 1 fully saturated rings. The minimum absolute atomic E-state index is 0.0993. The summed E-state index contributed by atoms with van der Waals surface area (Å²) in [4.78, 5) is 14.6. The van der Waals surface area contributed by atoms with Gasteiger partial charge in [-0.25, -0.2) is 0 Å². The number of piperidine rings is 1. The maximum absolute atomic E-state index is 12.3. The zero-order valence-corrected chi connectivity index (χ0v) is 19.6. The van der Waals surface area contributed by atoms with Crippen LogP contribution in [0.25, 0.3) is 21.8 Å². The Bertz CT molecular complexity index is 1370. The molecule has 0 aliphatic carbocycles. The third kappa shape index (κ3) is 3.77. The van der Waals surface area contributed by atoms with E-state index in [1.165, 1.54) is 0 Å². The molecule has 4 heterocycles. The van der Waals surface area contributed by atoms with Crippen molar-refractivity contribution in [1.82, 2.24) is 14.0 Å². The van der Waals surface area contributed by atoms with Crippen molar-refractivity contribution in [3.63, 3.8) is 0 Å². The van der Waals surface area contributed by atoms with Gasteiger partial charge in [-0.2, -0.15) is 0 Å². The molecular formula is C26H25Cl2N3O2. The van der Waals surface area contributed by atoms with Crippen LogP contribution in [0.5, 0.6) is 0 Å². The number of β-amino-alcohol motifs (C(OH)–C–C–N with tert-alkyl or cyclic N) is 1. The standard InChI is InChI=1S/C26H25Cl2N3O2/c27-18-4-6-24-21(9-18)22-10-19(28)5-7-25(22)30(24)15-20(32)14-29-11-16-8-17(13-29)23-2-1-3-26(33)31(23)12-16/h1-7,9-10,16-17,20,32H,8,11-15H2/t16-,17-,20+/m1/s1. The lowest BCUT2D eigenvalue weighted by Gasteiger charge is -2.43. The number of rotatable bonds is 4. The Labute approximate surface area is 201 Å². The zero-order chi connectivity index (χ0) is 22.7. The number of hydrogen-bond acceptors (Lipinski definition) is 3. The molecule has 4 aromatic rings. The fraction of sp³-hybridized carbons (Fsp3) is 0.346. The average Bonchev–Trinajstić information content (AvgIpc) is 3.06. The molecule has 3 atom stereocenters. The highest BCUT2D eigenvalue weighted by molar-refractivity contribution is 6.33. The lowest BCUT2D eigenvalue weighted by atomic mass is 9.83. The molecule has 2 aromatic carbocycles. The van der Waals surface area contributed by atoms with Gasteiger partial charge in [0, 0.05) is 75.7 Å². The molecule has 0 spiro atoms. The number of aliphatic hydroxyl groups is 1. The maximum Gasteiger partial charge on any atom is 0.250 e. The number of aromatic nitrogens is 2. The van der Waals surface area contributed by atoms with Gasteiger partial charge in [0.1, 0.15) is 0 Å². The Morgan fingerprint density at radius 2 is 1.61 bits per heavy atom. The Morgan fingerprint density at radius 3 is 2.30 bits per heavy atom. The first kappa shape index (κ1) is 21.2. The Hall–Kier alpha value is -2.31. The molecule has 2 bridgehead atoms. The summed E-state index contributed by atoms with van der Waals surface area (Å²) in [5.74, 6) is 0.789. The normalized spacial score (nSPS) is 21.4. The van der Waals surface area contributed by atoms with Crippen LogP contribution in [-0.4, -0.2) is 44.9 Å². The van der Waals surface area contributed by atoms with E-state index < -0.39 is 6.10 Å². The van der Waals surface area contributed by atoms with Crippen molar-refractivity contribution in [2.45, 2.75) is 31.5 Å². The monoisotopic (exact) mass is 481 g/mol. The highest BCUT2D eigenvalue weighted by Gasteiger charge is 2.35. The predicted octanol–water partition coefficient (Wildman–Crippen LogP) is 4.74. The van der Waals surface area contributed by atoms with Crippen LogP contribution in [0.1, 0.15) is 18.0 Å². The molecule has 2 aromatic heterocycles. The van der Waals surface area contributed by atoms with Crippen molar-refractivity contribution in [2.75, 3.05) is 19.6 Å². The summed E-state index contributed by atoms with van der Waals surface area (Å²) in [5.41, 5.74) is 3.32. The number of hydrogen-bond donors (Lipinski definition) is 1. The number of aliphatic hydroxyl groups excluding tert-OH is 1. The smallest absolute Gasteiger partial charge is 0.250 e. The van der Waals surface area contributed by atoms with Gasteiger partial charge in [0.2, 0.25) is 0 Å². The predicted molar refractivity (Wildman–Crippen MR) is 133 cm³/mol. The molecule has 2 aliphatic rings. The minimum atomic E-state index is -0.521. The van der Waals surface area contributed by atoms with Crippen LogP contribution in [0.3, 0.4) is 0 Å². The Morgan fingerprint density at radius 1 is 0.909 bits per heavy atom. The number of fused-ring (bicyclic) bond motifs is 7. The van der Waals surface area contributed by atoms with Gasteiger partial charge in [-0.15, -0.1) is 0 Å². The molecule has 1 saturated heterocycles. The third-order valence-electron chi connectivity index (χ3n) is 7.21. The fourth-order valence-corrected chi connectivity index (χ4v) is 6.30. The molecule has 33 heavy (non-hydrogen) atoms. The summed E-state index contributed by atoms with van der Waals surface area (Å²) in [6, 6.07) is 17.3. The van der Waals surface area contributed by atoms with Crippen LogP contribution < -0.4 is 5.56 Å². The van der Waals surface area contributed by atoms with E-state index in [-0.39, 0.29) is 5.56 Å². The van der Waals surface area contributed by atoms with Crippen LogP contribution >= 0.6 is 23.2 Å². The van der Waals surface area contributed by atoms with Crippen LogP contribution in [0.4, 0.5) is 0 Å². The Balaban J connectivity index is 1.26. The quantitative estimate of drug-likeness (QED) is 0.457. The SMILES string of the molecule is O=c1cccc2n1C[C@@H]1C[C@@H]2CN(C[C@H](O)Cn2c3ccc(Cl)cc3c3cc(Cl)ccc32)C1. The number of halogens is 2. The van der Waals surface area contributed by atoms with E-state index >= 15 is 0 Å². The van der Waals surface area contributed by atoms with Crippen molar-refractivity contribution in [1.29, 1.82) is 0 Å². The van der Waals surface area contributed by atoms with E-state index in [1.807, 2.05) is 47.0 Å². The van der Waals surface area contributed by atoms with Gasteiger partial charge in [-0.05, 0) is 54.8 Å². The van der Waals surface area contributed by atoms with Crippen molar-refractivity contribution in [2.24, 2.45) is 5.92 Å². The van der Waals surface area contributed by atoms with E-state index in [4.69, 9.17) is 23.2 Å². The van der Waals surface area contributed by atoms with Crippen LogP contribution in [0.15, 0.2) is 59.4 Å². The van der Waals surface area contributed by atoms with Gasteiger partial charge >= 0.3 is 0 Å². The second-order valence-electron chi connectivity index (χ2n) is 9.50. The van der Waals surface area contributed by atoms with E-state index in [0.29, 0.717) is 35.0 Å². The zero-order valence-electron chi connectivity index (χ0n) is 18.1. The molecule has 0 unspecified atom stereocenters. The first-order valence-corrected chi connectivity index (χ1v) is 12.2. The molecule has 6 rings (SSSR count). The van der Waals surface area contributed by atoms with Gasteiger partial charge in [-0.3, -0.25) is 9.69 Å². The minimum Gasteiger partial charge on any atom is -0.390 e. The average molecular weight is 482 g/mol. The largest absolute Gasteiger partial charge is 0.390 e. The molecule has 1 N–H and O–H groups in total. The molecule has 0 saturated carbocycles. The highest BCUT2D eigenvalue weighted by atomic mass is 35.5. The molecule has 170 valence electrons. The second-order valence-corrected chi connectivity index (χ2v) is 10.4. The number of pyridine rings is 1. The first-order chi connectivity index (χ1) is 16.0. The summed E-state index contributed by atoms with van der Waals surface area (Å²) in [7, 11) is 0. The van der Waals surface area contributed by atoms with Crippen molar-refractivity contribution in [3.8, 4) is 0 Å². The molecule has 7 heteroatoms. The molecule has 2 aliphatic heterocycles. The molecule has 0 radical (unpaired) electrons. The lowest BCUT2D eigenvalue weighted by Crippen LogP contribution is -2.49. The third-order valence-corrected chi connectivity index (χ3v) is 7.68. The van der Waals surface area contributed by atoms with Crippen molar-refractivity contribution >= 4 is 45.0 Å². The van der Waals surface area contributed by atoms with E-state index in [9.17, 15) is 9.90 Å². The molecular weight excluding hydrogens is 457 g/mol. The number of benzene rings is 2. The van der Waals surface area contributed by atoms with Gasteiger partial charge in [0.15, 0.2) is 0 Å². The highest BCUT2D eigenvalue weighted by Crippen LogP contribution is 2.36. The van der Waals surface area contributed by atoms with E-state index in [2.05, 4.69) is 15.5 Å². The summed E-state index contributed by atoms with van der Waals surface area (Å²) in [6.45, 7) is 3.65. The first-order valence-electron chi connectivity index (χ1n) is 11.4. The molecule has 5 nitrogen and oxygen atoms in total. The van der Waals surface area contributed by atoms with Crippen LogP contribution in [-0.2, 0) is 13.1 Å². The molecule has 0 amide bonds. The topological polar surface area (TPSA) is 50.4 Å². The summed E-state index contributed by atoms with van der Waals surface area (Å²) in [5, 5.41) is 14.6. The second kappa shape index (κ2) is 8.17. The van der Waals surface area contributed by atoms with Gasteiger partial charge in [0.25, 0.3) is 5.56 Å². The van der Waals surface area contributed by atoms with Gasteiger partial charge in [0.05, 0.1) is 12.6 Å². The van der Waals surface area contributed by atoms with Crippen molar-refractivity contribution < 1.29 is 5.11 Å². The van der Waals surface area contributed by atoms with E-state index in [1.54, 1.807) is 6.07 Å². The van der Waals surface area contributed by atoms with Gasteiger partial charge in [-0.1, -0.05) is 29.3 Å². The van der Waals surface area contributed by atoms with E-state index in [0.717, 1.165) is 53.6 Å². The fourth-order valence-electron chi connectivity index (χ4n) is 5.96. The maximum atomic E-state index is 12.3. The number of likely N-dealkylation sites (tertiary alicyclic amines) is 1. The van der Waals surface area contributed by atoms with Crippen molar-refractivity contribution in [3.05, 3.63) is 80.7 Å². The van der Waals surface area contributed by atoms with Crippen LogP contribution in [0.2, 0.25) is 10.0 Å². The Kier molecular flexibility index (Phi) is 5.26. The van der Waals surface area contributed by atoms with Crippen LogP contribution in [0, 0.1) is 5.92 Å². The van der Waals surface area contributed by atoms with Gasteiger partial charge < -0.3 is 14.2 Å². The number of nitrogens with zero attached hydrogens (tertiary/aromatic N) is 3. The summed E-state index contributed by atoms with van der Waals surface area (Å²) >= 11 is 12.6. The summed E-state index contributed by atoms with van der Waals surface area (Å²) in [6.07, 6.45) is 0.594. The lowest BCUT2D eigenvalue weighted by molar-refractivity contribution is 0.0558.